The number of para-hydroxylation sites is 1. The lowest BCUT2D eigenvalue weighted by Gasteiger charge is -2.33. The number of hydrogen-bond donors (Lipinski definition) is 0. The molecule has 2 aromatic carbocycles. The molecule has 8 heteroatoms. The van der Waals surface area contributed by atoms with Crippen LogP contribution >= 0.6 is 0 Å². The van der Waals surface area contributed by atoms with Crippen LogP contribution in [0.2, 0.25) is 0 Å². The largest absolute Gasteiger partial charge is 0.337 e. The number of nitrogens with zero attached hydrogens (tertiary/aromatic N) is 4. The summed E-state index contributed by atoms with van der Waals surface area (Å²) < 4.78 is 28.8. The molecule has 0 N–H and O–H groups in total. The molecule has 4 rings (SSSR count). The number of hydrogen-bond acceptors (Lipinski definition) is 4. The van der Waals surface area contributed by atoms with Crippen LogP contribution in [0.5, 0.6) is 0 Å². The molecule has 0 unspecified atom stereocenters. The number of carbonyl (C=O) groups is 1. The Bertz CT molecular complexity index is 1230. The fourth-order valence-corrected chi connectivity index (χ4v) is 5.31. The van der Waals surface area contributed by atoms with E-state index in [9.17, 15) is 13.2 Å². The minimum Gasteiger partial charge on any atom is -0.337 e. The molecule has 7 nitrogen and oxygen atoms in total. The first kappa shape index (κ1) is 22.0. The lowest BCUT2D eigenvalue weighted by Crippen LogP contribution is -2.50. The summed E-state index contributed by atoms with van der Waals surface area (Å²) in [5, 5.41) is 4.60. The second-order valence-corrected chi connectivity index (χ2v) is 9.65. The molecule has 166 valence electrons. The molecule has 1 saturated heterocycles. The monoisotopic (exact) mass is 450 g/mol. The zero-order valence-corrected chi connectivity index (χ0v) is 19.0. The van der Waals surface area contributed by atoms with Crippen LogP contribution in [0.3, 0.4) is 0 Å². The van der Waals surface area contributed by atoms with Crippen LogP contribution in [0.4, 0.5) is 0 Å². The summed E-state index contributed by atoms with van der Waals surface area (Å²) in [7, 11) is -3.53. The van der Waals surface area contributed by atoms with Crippen molar-refractivity contribution in [3.8, 4) is 5.69 Å². The minimum absolute atomic E-state index is 0.131. The van der Waals surface area contributed by atoms with Gasteiger partial charge in [0.15, 0.2) is 0 Å². The van der Waals surface area contributed by atoms with Gasteiger partial charge < -0.3 is 4.90 Å². The molecule has 1 aliphatic rings. The first-order valence-corrected chi connectivity index (χ1v) is 12.0. The van der Waals surface area contributed by atoms with Gasteiger partial charge in [0.25, 0.3) is 0 Å². The third kappa shape index (κ3) is 4.37. The van der Waals surface area contributed by atoms with Crippen LogP contribution in [-0.4, -0.2) is 59.5 Å². The molecule has 0 bridgehead atoms. The van der Waals surface area contributed by atoms with E-state index in [1.807, 2.05) is 48.9 Å². The number of piperazine rings is 1. The third-order valence-corrected chi connectivity index (χ3v) is 7.58. The highest BCUT2D eigenvalue weighted by Crippen LogP contribution is 2.20. The molecule has 1 amide bonds. The summed E-state index contributed by atoms with van der Waals surface area (Å²) in [6.07, 6.45) is 3.35. The Balaban J connectivity index is 1.42. The summed E-state index contributed by atoms with van der Waals surface area (Å²) in [6.45, 7) is 5.17. The molecule has 0 saturated carbocycles. The van der Waals surface area contributed by atoms with Gasteiger partial charge in [0.05, 0.1) is 16.3 Å². The topological polar surface area (TPSA) is 75.5 Å². The van der Waals surface area contributed by atoms with Crippen LogP contribution in [0.1, 0.15) is 17.0 Å². The van der Waals surface area contributed by atoms with Gasteiger partial charge in [-0.05, 0) is 44.2 Å². The predicted octanol–water partition coefficient (Wildman–Crippen LogP) is 3.04. The van der Waals surface area contributed by atoms with E-state index in [2.05, 4.69) is 5.10 Å². The standard InChI is InChI=1S/C24H26N4O3S/c1-19-23(20(2)28(25-19)21-9-5-3-6-10-21)13-14-24(29)26-15-17-27(18-16-26)32(30,31)22-11-7-4-8-12-22/h3-14H,15-18H2,1-2H3/b14-13+. The number of benzene rings is 2. The van der Waals surface area contributed by atoms with Crippen molar-refractivity contribution in [2.45, 2.75) is 18.7 Å². The summed E-state index contributed by atoms with van der Waals surface area (Å²) in [4.78, 5) is 14.7. The van der Waals surface area contributed by atoms with Crippen LogP contribution < -0.4 is 0 Å². The van der Waals surface area contributed by atoms with Crippen LogP contribution in [0, 0.1) is 13.8 Å². The van der Waals surface area contributed by atoms with Gasteiger partial charge >= 0.3 is 0 Å². The molecule has 0 atom stereocenters. The van der Waals surface area contributed by atoms with E-state index < -0.39 is 10.0 Å². The van der Waals surface area contributed by atoms with Gasteiger partial charge in [-0.25, -0.2) is 13.1 Å². The predicted molar refractivity (Wildman–Crippen MR) is 124 cm³/mol. The lowest BCUT2D eigenvalue weighted by atomic mass is 10.1. The van der Waals surface area contributed by atoms with E-state index >= 15 is 0 Å². The van der Waals surface area contributed by atoms with Crippen molar-refractivity contribution in [3.63, 3.8) is 0 Å². The number of rotatable bonds is 5. The Morgan fingerprint density at radius 1 is 0.906 bits per heavy atom. The molecule has 3 aromatic rings. The maximum absolute atomic E-state index is 12.8. The number of aromatic nitrogens is 2. The summed E-state index contributed by atoms with van der Waals surface area (Å²) in [6, 6.07) is 18.2. The van der Waals surface area contributed by atoms with Gasteiger partial charge in [-0.1, -0.05) is 36.4 Å². The number of sulfonamides is 1. The van der Waals surface area contributed by atoms with Gasteiger partial charge in [-0.3, -0.25) is 4.79 Å². The SMILES string of the molecule is Cc1nn(-c2ccccc2)c(C)c1/C=C/C(=O)N1CCN(S(=O)(=O)c2ccccc2)CC1. The Labute approximate surface area is 188 Å². The summed E-state index contributed by atoms with van der Waals surface area (Å²) in [5.74, 6) is -0.131. The highest BCUT2D eigenvalue weighted by Gasteiger charge is 2.29. The molecule has 0 radical (unpaired) electrons. The van der Waals surface area contributed by atoms with E-state index in [0.717, 1.165) is 22.6 Å². The lowest BCUT2D eigenvalue weighted by molar-refractivity contribution is -0.127. The highest BCUT2D eigenvalue weighted by molar-refractivity contribution is 7.89. The molecule has 32 heavy (non-hydrogen) atoms. The zero-order valence-electron chi connectivity index (χ0n) is 18.2. The molecule has 1 aromatic heterocycles. The van der Waals surface area contributed by atoms with E-state index in [1.165, 1.54) is 4.31 Å². The van der Waals surface area contributed by atoms with Gasteiger partial charge in [0.1, 0.15) is 0 Å². The molecular weight excluding hydrogens is 424 g/mol. The second-order valence-electron chi connectivity index (χ2n) is 7.71. The first-order chi connectivity index (χ1) is 15.4. The molecular formula is C24H26N4O3S. The Morgan fingerprint density at radius 2 is 1.50 bits per heavy atom. The Morgan fingerprint density at radius 3 is 2.12 bits per heavy atom. The van der Waals surface area contributed by atoms with Crippen LogP contribution in [0.25, 0.3) is 11.8 Å². The first-order valence-electron chi connectivity index (χ1n) is 10.5. The van der Waals surface area contributed by atoms with Crippen molar-refractivity contribution in [1.29, 1.82) is 0 Å². The van der Waals surface area contributed by atoms with Crippen molar-refractivity contribution >= 4 is 22.0 Å². The zero-order chi connectivity index (χ0) is 22.7. The number of carbonyl (C=O) groups excluding carboxylic acids is 1. The van der Waals surface area contributed by atoms with Gasteiger partial charge in [-0.15, -0.1) is 0 Å². The average molecular weight is 451 g/mol. The van der Waals surface area contributed by atoms with Crippen molar-refractivity contribution in [1.82, 2.24) is 19.0 Å². The molecule has 2 heterocycles. The Hall–Kier alpha value is -3.23. The molecule has 1 aliphatic heterocycles. The van der Waals surface area contributed by atoms with Crippen molar-refractivity contribution in [3.05, 3.63) is 83.7 Å². The summed E-state index contributed by atoms with van der Waals surface area (Å²) >= 11 is 0. The second kappa shape index (κ2) is 9.10. The van der Waals surface area contributed by atoms with Crippen molar-refractivity contribution < 1.29 is 13.2 Å². The van der Waals surface area contributed by atoms with Crippen LogP contribution in [-0.2, 0) is 14.8 Å². The fourth-order valence-electron chi connectivity index (χ4n) is 3.87. The minimum atomic E-state index is -3.53. The quantitative estimate of drug-likeness (QED) is 0.560. The maximum atomic E-state index is 12.8. The van der Waals surface area contributed by atoms with Gasteiger partial charge in [0, 0.05) is 43.5 Å². The van der Waals surface area contributed by atoms with Crippen molar-refractivity contribution in [2.24, 2.45) is 0 Å². The maximum Gasteiger partial charge on any atom is 0.246 e. The van der Waals surface area contributed by atoms with E-state index in [-0.39, 0.29) is 23.9 Å². The van der Waals surface area contributed by atoms with Gasteiger partial charge in [-0.2, -0.15) is 9.40 Å². The van der Waals surface area contributed by atoms with E-state index in [4.69, 9.17) is 0 Å². The van der Waals surface area contributed by atoms with Crippen molar-refractivity contribution in [2.75, 3.05) is 26.2 Å². The third-order valence-electron chi connectivity index (χ3n) is 5.67. The van der Waals surface area contributed by atoms with Crippen LogP contribution in [0.15, 0.2) is 71.6 Å². The fraction of sp³-hybridized carbons (Fsp3) is 0.250. The highest BCUT2D eigenvalue weighted by atomic mass is 32.2. The molecule has 0 spiro atoms. The van der Waals surface area contributed by atoms with Gasteiger partial charge in [0.2, 0.25) is 15.9 Å². The van der Waals surface area contributed by atoms with E-state index in [1.54, 1.807) is 47.4 Å². The average Bonchev–Trinajstić information content (AvgIpc) is 3.12. The van der Waals surface area contributed by atoms with E-state index in [0.29, 0.717) is 13.1 Å². The number of amides is 1. The number of aryl methyl sites for hydroxylation is 1. The molecule has 0 aliphatic carbocycles. The normalized spacial score (nSPS) is 15.4. The Kier molecular flexibility index (Phi) is 6.25. The summed E-state index contributed by atoms with van der Waals surface area (Å²) in [5.41, 5.74) is 3.67. The smallest absolute Gasteiger partial charge is 0.246 e. The molecule has 1 fully saturated rings.